The first-order valence-corrected chi connectivity index (χ1v) is 8.04. The molecule has 3 nitrogen and oxygen atoms in total. The lowest BCUT2D eigenvalue weighted by molar-refractivity contribution is 0.340. The molecule has 0 radical (unpaired) electrons. The van der Waals surface area contributed by atoms with Gasteiger partial charge in [-0.25, -0.2) is 4.98 Å². The van der Waals surface area contributed by atoms with Crippen LogP contribution in [0, 0.1) is 5.92 Å². The zero-order valence-corrected chi connectivity index (χ0v) is 13.4. The Morgan fingerprint density at radius 2 is 2.00 bits per heavy atom. The summed E-state index contributed by atoms with van der Waals surface area (Å²) in [5.74, 6) is 2.01. The van der Waals surface area contributed by atoms with Crippen LogP contribution in [-0.4, -0.2) is 24.6 Å². The summed E-state index contributed by atoms with van der Waals surface area (Å²) in [4.78, 5) is 7.03. The number of nitrogens with one attached hydrogen (secondary N) is 1. The van der Waals surface area contributed by atoms with Crippen LogP contribution in [0.2, 0.25) is 0 Å². The summed E-state index contributed by atoms with van der Waals surface area (Å²) < 4.78 is 0. The third kappa shape index (κ3) is 3.72. The van der Waals surface area contributed by atoms with Crippen molar-refractivity contribution in [3.63, 3.8) is 0 Å². The fraction of sp³-hybridized carbons (Fsp3) is 0.706. The molecule has 1 saturated carbocycles. The van der Waals surface area contributed by atoms with Gasteiger partial charge in [0.1, 0.15) is 5.82 Å². The van der Waals surface area contributed by atoms with Gasteiger partial charge < -0.3 is 10.2 Å². The summed E-state index contributed by atoms with van der Waals surface area (Å²) in [6.07, 6.45) is 7.32. The summed E-state index contributed by atoms with van der Waals surface area (Å²) in [6, 6.07) is 5.41. The Kier molecular flexibility index (Phi) is 5.41. The van der Waals surface area contributed by atoms with Crippen LogP contribution in [0.3, 0.4) is 0 Å². The molecule has 0 aliphatic heterocycles. The van der Waals surface area contributed by atoms with Gasteiger partial charge in [0.25, 0.3) is 0 Å². The zero-order chi connectivity index (χ0) is 14.5. The highest BCUT2D eigenvalue weighted by Crippen LogP contribution is 2.28. The van der Waals surface area contributed by atoms with Gasteiger partial charge in [-0.2, -0.15) is 0 Å². The smallest absolute Gasteiger partial charge is 0.128 e. The van der Waals surface area contributed by atoms with Crippen LogP contribution in [0.4, 0.5) is 5.82 Å². The molecule has 1 heterocycles. The van der Waals surface area contributed by atoms with Crippen molar-refractivity contribution in [2.75, 3.05) is 18.5 Å². The highest BCUT2D eigenvalue weighted by molar-refractivity contribution is 5.40. The fourth-order valence-electron chi connectivity index (χ4n) is 3.10. The summed E-state index contributed by atoms with van der Waals surface area (Å²) in [6.45, 7) is 7.68. The normalized spacial score (nSPS) is 24.4. The first-order chi connectivity index (χ1) is 9.61. The van der Waals surface area contributed by atoms with Gasteiger partial charge in [0.15, 0.2) is 0 Å². The van der Waals surface area contributed by atoms with Crippen LogP contribution in [0.1, 0.15) is 58.1 Å². The molecule has 1 aromatic heterocycles. The molecule has 1 aliphatic carbocycles. The monoisotopic (exact) mass is 275 g/mol. The quantitative estimate of drug-likeness (QED) is 0.886. The molecule has 1 N–H and O–H groups in total. The lowest BCUT2D eigenvalue weighted by Crippen LogP contribution is -2.35. The number of rotatable bonds is 5. The van der Waals surface area contributed by atoms with Crippen LogP contribution in [-0.2, 0) is 0 Å². The molecule has 1 aliphatic rings. The van der Waals surface area contributed by atoms with Crippen molar-refractivity contribution in [2.24, 2.45) is 5.92 Å². The number of hydrogen-bond acceptors (Lipinski definition) is 3. The molecule has 2 rings (SSSR count). The summed E-state index contributed by atoms with van der Waals surface area (Å²) in [5, 5.41) is 3.43. The van der Waals surface area contributed by atoms with Gasteiger partial charge in [0.2, 0.25) is 0 Å². The van der Waals surface area contributed by atoms with Crippen molar-refractivity contribution in [3.8, 4) is 0 Å². The van der Waals surface area contributed by atoms with Gasteiger partial charge in [0.05, 0.1) is 0 Å². The van der Waals surface area contributed by atoms with Crippen LogP contribution >= 0.6 is 0 Å². The number of nitrogens with zero attached hydrogens (tertiary/aromatic N) is 2. The minimum absolute atomic E-state index is 0.377. The van der Waals surface area contributed by atoms with E-state index in [0.29, 0.717) is 12.1 Å². The zero-order valence-electron chi connectivity index (χ0n) is 13.4. The lowest BCUT2D eigenvalue weighted by atomic mass is 9.87. The Labute approximate surface area is 123 Å². The van der Waals surface area contributed by atoms with E-state index in [2.05, 4.69) is 55.2 Å². The van der Waals surface area contributed by atoms with Gasteiger partial charge in [-0.3, -0.25) is 0 Å². The van der Waals surface area contributed by atoms with E-state index in [0.717, 1.165) is 18.3 Å². The molecule has 3 heteroatoms. The highest BCUT2D eigenvalue weighted by atomic mass is 15.2. The van der Waals surface area contributed by atoms with Crippen molar-refractivity contribution in [3.05, 3.63) is 23.9 Å². The Balaban J connectivity index is 1.98. The molecule has 0 aromatic carbocycles. The predicted molar refractivity (Wildman–Crippen MR) is 86.2 cm³/mol. The second-order valence-electron chi connectivity index (χ2n) is 6.25. The second-order valence-corrected chi connectivity index (χ2v) is 6.25. The van der Waals surface area contributed by atoms with E-state index in [1.54, 1.807) is 0 Å². The minimum Gasteiger partial charge on any atom is -0.357 e. The molecule has 20 heavy (non-hydrogen) atoms. The third-order valence-corrected chi connectivity index (χ3v) is 4.68. The molecule has 1 fully saturated rings. The van der Waals surface area contributed by atoms with Crippen LogP contribution in [0.5, 0.6) is 0 Å². The third-order valence-electron chi connectivity index (χ3n) is 4.68. The molecule has 1 unspecified atom stereocenters. The van der Waals surface area contributed by atoms with E-state index in [1.165, 1.54) is 31.2 Å². The van der Waals surface area contributed by atoms with E-state index in [1.807, 2.05) is 6.20 Å². The number of pyridine rings is 1. The summed E-state index contributed by atoms with van der Waals surface area (Å²) >= 11 is 0. The van der Waals surface area contributed by atoms with Crippen LogP contribution in [0.25, 0.3) is 0 Å². The van der Waals surface area contributed by atoms with Crippen molar-refractivity contribution in [1.82, 2.24) is 10.3 Å². The van der Waals surface area contributed by atoms with Gasteiger partial charge >= 0.3 is 0 Å². The highest BCUT2D eigenvalue weighted by Gasteiger charge is 2.22. The summed E-state index contributed by atoms with van der Waals surface area (Å²) in [7, 11) is 2.19. The molecule has 0 amide bonds. The molecule has 1 aromatic rings. The molecule has 112 valence electrons. The van der Waals surface area contributed by atoms with Gasteiger partial charge in [-0.1, -0.05) is 19.9 Å². The maximum Gasteiger partial charge on any atom is 0.128 e. The van der Waals surface area contributed by atoms with Crippen molar-refractivity contribution >= 4 is 5.82 Å². The first-order valence-electron chi connectivity index (χ1n) is 8.04. The maximum atomic E-state index is 4.66. The van der Waals surface area contributed by atoms with E-state index in [-0.39, 0.29) is 0 Å². The summed E-state index contributed by atoms with van der Waals surface area (Å²) in [5.41, 5.74) is 1.27. The maximum absolute atomic E-state index is 4.66. The molecule has 0 saturated heterocycles. The topological polar surface area (TPSA) is 28.2 Å². The Morgan fingerprint density at radius 1 is 1.30 bits per heavy atom. The van der Waals surface area contributed by atoms with Crippen LogP contribution in [0.15, 0.2) is 18.3 Å². The Morgan fingerprint density at radius 3 is 2.55 bits per heavy atom. The molecular weight excluding hydrogens is 246 g/mol. The van der Waals surface area contributed by atoms with E-state index < -0.39 is 0 Å². The number of hydrogen-bond donors (Lipinski definition) is 1. The van der Waals surface area contributed by atoms with Gasteiger partial charge in [-0.05, 0) is 56.7 Å². The van der Waals surface area contributed by atoms with Crippen molar-refractivity contribution in [2.45, 2.75) is 58.5 Å². The SMILES string of the molecule is CCNC(C)c1ccc(N(C)C2CCC(C)CC2)nc1. The van der Waals surface area contributed by atoms with Crippen molar-refractivity contribution in [1.29, 1.82) is 0 Å². The van der Waals surface area contributed by atoms with E-state index in [4.69, 9.17) is 0 Å². The lowest BCUT2D eigenvalue weighted by Gasteiger charge is -2.34. The average Bonchev–Trinajstić information content (AvgIpc) is 2.48. The fourth-order valence-corrected chi connectivity index (χ4v) is 3.10. The van der Waals surface area contributed by atoms with Crippen molar-refractivity contribution < 1.29 is 0 Å². The molecular formula is C17H29N3. The standard InChI is InChI=1S/C17H29N3/c1-5-18-14(3)15-8-11-17(19-12-15)20(4)16-9-6-13(2)7-10-16/h8,11-14,16,18H,5-7,9-10H2,1-4H3. The van der Waals surface area contributed by atoms with E-state index >= 15 is 0 Å². The number of anilines is 1. The second kappa shape index (κ2) is 7.07. The number of aromatic nitrogens is 1. The molecule has 1 atom stereocenters. The largest absolute Gasteiger partial charge is 0.357 e. The minimum atomic E-state index is 0.377. The Hall–Kier alpha value is -1.09. The predicted octanol–water partition coefficient (Wildman–Crippen LogP) is 3.77. The first kappa shape index (κ1) is 15.3. The molecule has 0 spiro atoms. The average molecular weight is 275 g/mol. The molecule has 0 bridgehead atoms. The van der Waals surface area contributed by atoms with Gasteiger partial charge in [-0.15, -0.1) is 0 Å². The van der Waals surface area contributed by atoms with Crippen LogP contribution < -0.4 is 10.2 Å². The van der Waals surface area contributed by atoms with Gasteiger partial charge in [0, 0.05) is 25.3 Å². The Bertz CT molecular complexity index is 393. The van der Waals surface area contributed by atoms with E-state index in [9.17, 15) is 0 Å².